The Bertz CT molecular complexity index is 1410. The van der Waals surface area contributed by atoms with Crippen molar-refractivity contribution in [3.8, 4) is 0 Å². The average molecular weight is 630 g/mol. The second-order valence-corrected chi connectivity index (χ2v) is 11.5. The van der Waals surface area contributed by atoms with Crippen LogP contribution in [-0.4, -0.2) is 100 Å². The lowest BCUT2D eigenvalue weighted by Crippen LogP contribution is -2.44. The van der Waals surface area contributed by atoms with E-state index in [1.807, 2.05) is 26.8 Å². The lowest BCUT2D eigenvalue weighted by Gasteiger charge is -2.31. The number of aryl methyl sites for hydroxylation is 2. The molecule has 0 spiro atoms. The molecule has 2 aromatic rings. The highest BCUT2D eigenvalue weighted by Crippen LogP contribution is 2.31. The minimum atomic E-state index is -5.08. The fraction of sp³-hybridized carbons (Fsp3) is 0.464. The van der Waals surface area contributed by atoms with Crippen LogP contribution < -0.4 is 14.9 Å². The van der Waals surface area contributed by atoms with Crippen LogP contribution in [0.3, 0.4) is 0 Å². The molecule has 0 unspecified atom stereocenters. The molecular weight excluding hydrogens is 591 g/mol. The smallest absolute Gasteiger partial charge is 0.475 e. The van der Waals surface area contributed by atoms with Gasteiger partial charge in [-0.25, -0.2) is 13.2 Å². The van der Waals surface area contributed by atoms with E-state index in [4.69, 9.17) is 9.90 Å². The van der Waals surface area contributed by atoms with Gasteiger partial charge in [-0.1, -0.05) is 12.1 Å². The largest absolute Gasteiger partial charge is 0.490 e. The maximum atomic E-state index is 13.4. The van der Waals surface area contributed by atoms with Gasteiger partial charge in [0, 0.05) is 51.9 Å². The SMILES string of the molecule is CCN(CC)C(=O)CN(C)C(=O)c1ccc(N2CCNCC2)c(NS(=O)(=O)c2cc(C)ccc2C)c1.O=C(O)C(F)(F)F. The number of anilines is 2. The number of piperazine rings is 1. The van der Waals surface area contributed by atoms with E-state index in [0.717, 1.165) is 18.7 Å². The number of hydrogen-bond donors (Lipinski definition) is 3. The summed E-state index contributed by atoms with van der Waals surface area (Å²) in [6.45, 7) is 11.5. The summed E-state index contributed by atoms with van der Waals surface area (Å²) in [6, 6.07) is 10.3. The van der Waals surface area contributed by atoms with E-state index in [-0.39, 0.29) is 23.3 Å². The van der Waals surface area contributed by atoms with Crippen LogP contribution in [0.2, 0.25) is 0 Å². The van der Waals surface area contributed by atoms with E-state index < -0.39 is 22.2 Å². The third-order valence-electron chi connectivity index (χ3n) is 6.66. The van der Waals surface area contributed by atoms with Gasteiger partial charge in [0.1, 0.15) is 0 Å². The van der Waals surface area contributed by atoms with Crippen molar-refractivity contribution in [3.63, 3.8) is 0 Å². The van der Waals surface area contributed by atoms with E-state index in [9.17, 15) is 31.2 Å². The highest BCUT2D eigenvalue weighted by Gasteiger charge is 2.38. The lowest BCUT2D eigenvalue weighted by atomic mass is 10.1. The first-order chi connectivity index (χ1) is 20.0. The Hall–Kier alpha value is -3.85. The van der Waals surface area contributed by atoms with Crippen molar-refractivity contribution in [3.05, 3.63) is 53.1 Å². The number of rotatable bonds is 9. The quantitative estimate of drug-likeness (QED) is 0.385. The minimum absolute atomic E-state index is 0.0520. The molecule has 1 aliphatic rings. The summed E-state index contributed by atoms with van der Waals surface area (Å²) in [5.41, 5.74) is 2.84. The Morgan fingerprint density at radius 2 is 1.60 bits per heavy atom. The first-order valence-electron chi connectivity index (χ1n) is 13.5. The second kappa shape index (κ2) is 15.0. The molecule has 1 heterocycles. The van der Waals surface area contributed by atoms with Crippen LogP contribution in [0.1, 0.15) is 35.3 Å². The van der Waals surface area contributed by atoms with E-state index in [2.05, 4.69) is 14.9 Å². The summed E-state index contributed by atoms with van der Waals surface area (Å²) in [5.74, 6) is -3.24. The Morgan fingerprint density at radius 3 is 2.14 bits per heavy atom. The predicted molar refractivity (Wildman–Crippen MR) is 157 cm³/mol. The van der Waals surface area contributed by atoms with Crippen molar-refractivity contribution in [2.45, 2.75) is 38.8 Å². The van der Waals surface area contributed by atoms with E-state index >= 15 is 0 Å². The number of halogens is 3. The van der Waals surface area contributed by atoms with Crippen LogP contribution >= 0.6 is 0 Å². The number of aliphatic carboxylic acids is 1. The van der Waals surface area contributed by atoms with Crippen LogP contribution in [0, 0.1) is 13.8 Å². The fourth-order valence-electron chi connectivity index (χ4n) is 4.30. The van der Waals surface area contributed by atoms with Crippen LogP contribution in [0.15, 0.2) is 41.3 Å². The monoisotopic (exact) mass is 629 g/mol. The van der Waals surface area contributed by atoms with Crippen LogP contribution in [0.25, 0.3) is 0 Å². The van der Waals surface area contributed by atoms with Crippen molar-refractivity contribution in [1.82, 2.24) is 15.1 Å². The Labute approximate surface area is 249 Å². The maximum absolute atomic E-state index is 13.4. The highest BCUT2D eigenvalue weighted by molar-refractivity contribution is 7.92. The van der Waals surface area contributed by atoms with Crippen molar-refractivity contribution >= 4 is 39.2 Å². The predicted octanol–water partition coefficient (Wildman–Crippen LogP) is 3.09. The maximum Gasteiger partial charge on any atom is 0.490 e. The zero-order valence-corrected chi connectivity index (χ0v) is 25.6. The Kier molecular flexibility index (Phi) is 12.4. The van der Waals surface area contributed by atoms with Crippen LogP contribution in [-0.2, 0) is 19.6 Å². The number of nitrogens with zero attached hydrogens (tertiary/aromatic N) is 3. The lowest BCUT2D eigenvalue weighted by molar-refractivity contribution is -0.192. The molecule has 43 heavy (non-hydrogen) atoms. The third kappa shape index (κ3) is 9.85. The number of carbonyl (C=O) groups excluding carboxylic acids is 2. The summed E-state index contributed by atoms with van der Waals surface area (Å²) in [6.07, 6.45) is -5.08. The van der Waals surface area contributed by atoms with Gasteiger partial charge in [-0.15, -0.1) is 0 Å². The molecule has 0 aliphatic carbocycles. The Balaban J connectivity index is 0.000000821. The van der Waals surface area contributed by atoms with Crippen molar-refractivity contribution in [2.24, 2.45) is 0 Å². The summed E-state index contributed by atoms with van der Waals surface area (Å²) in [4.78, 5) is 39.9. The number of likely N-dealkylation sites (N-methyl/N-ethyl adjacent to an activating group) is 2. The molecule has 3 rings (SSSR count). The third-order valence-corrected chi connectivity index (χ3v) is 8.16. The number of nitrogens with one attached hydrogen (secondary N) is 2. The number of carboxylic acid groups (broad SMARTS) is 1. The van der Waals surface area contributed by atoms with E-state index in [1.165, 1.54) is 4.90 Å². The summed E-state index contributed by atoms with van der Waals surface area (Å²) >= 11 is 0. The minimum Gasteiger partial charge on any atom is -0.475 e. The highest BCUT2D eigenvalue weighted by atomic mass is 32.2. The van der Waals surface area contributed by atoms with Crippen molar-refractivity contribution < 1.29 is 41.1 Å². The molecule has 0 aromatic heterocycles. The van der Waals surface area contributed by atoms with Crippen molar-refractivity contribution in [1.29, 1.82) is 0 Å². The van der Waals surface area contributed by atoms with Gasteiger partial charge in [-0.3, -0.25) is 14.3 Å². The fourth-order valence-corrected chi connectivity index (χ4v) is 5.70. The van der Waals surface area contributed by atoms with E-state index in [1.54, 1.807) is 49.2 Å². The molecule has 2 amide bonds. The molecule has 11 nitrogen and oxygen atoms in total. The first-order valence-corrected chi connectivity index (χ1v) is 15.0. The summed E-state index contributed by atoms with van der Waals surface area (Å²) < 4.78 is 61.3. The van der Waals surface area contributed by atoms with Crippen LogP contribution in [0.4, 0.5) is 24.5 Å². The first kappa shape index (κ1) is 35.3. The zero-order valence-electron chi connectivity index (χ0n) is 24.8. The summed E-state index contributed by atoms with van der Waals surface area (Å²) in [7, 11) is -2.33. The zero-order chi connectivity index (χ0) is 32.5. The standard InChI is InChI=1S/C26H37N5O4S.C2HF3O2/c1-6-30(7-2)25(32)18-29(5)26(33)21-10-11-23(31-14-12-27-13-15-31)22(17-21)28-36(34,35)24-16-19(3)8-9-20(24)4;3-2(4,5)1(6)7/h8-11,16-17,27-28H,6-7,12-15,18H2,1-5H3;(H,6,7). The number of hydrogen-bond acceptors (Lipinski definition) is 7. The molecule has 2 aromatic carbocycles. The van der Waals surface area contributed by atoms with Crippen molar-refractivity contribution in [2.75, 3.05) is 62.5 Å². The molecule has 0 bridgehead atoms. The van der Waals surface area contributed by atoms with Crippen LogP contribution in [0.5, 0.6) is 0 Å². The van der Waals surface area contributed by atoms with Gasteiger partial charge in [-0.05, 0) is 63.1 Å². The van der Waals surface area contributed by atoms with Gasteiger partial charge in [0.2, 0.25) is 5.91 Å². The molecule has 238 valence electrons. The van der Waals surface area contributed by atoms with Gasteiger partial charge < -0.3 is 25.1 Å². The molecular formula is C28H38F3N5O6S. The summed E-state index contributed by atoms with van der Waals surface area (Å²) in [5, 5.41) is 10.4. The molecule has 0 atom stereocenters. The molecule has 0 saturated carbocycles. The normalized spacial score (nSPS) is 13.4. The number of carboxylic acids is 1. The Morgan fingerprint density at radius 1 is 1.02 bits per heavy atom. The van der Waals surface area contributed by atoms with Gasteiger partial charge in [0.15, 0.2) is 0 Å². The number of amides is 2. The van der Waals surface area contributed by atoms with Gasteiger partial charge >= 0.3 is 12.1 Å². The molecule has 1 fully saturated rings. The average Bonchev–Trinajstić information content (AvgIpc) is 2.94. The van der Waals surface area contributed by atoms with Gasteiger partial charge in [0.25, 0.3) is 15.9 Å². The molecule has 0 radical (unpaired) electrons. The molecule has 1 saturated heterocycles. The number of alkyl halides is 3. The number of sulfonamides is 1. The number of benzene rings is 2. The van der Waals surface area contributed by atoms with Gasteiger partial charge in [-0.2, -0.15) is 13.2 Å². The second-order valence-electron chi connectivity index (χ2n) is 9.87. The topological polar surface area (TPSA) is 139 Å². The number of carbonyl (C=O) groups is 3. The molecule has 1 aliphatic heterocycles. The van der Waals surface area contributed by atoms with E-state index in [0.29, 0.717) is 48.7 Å². The van der Waals surface area contributed by atoms with Gasteiger partial charge in [0.05, 0.1) is 22.8 Å². The molecule has 3 N–H and O–H groups in total. The molecule has 15 heteroatoms.